The third-order valence-electron chi connectivity index (χ3n) is 4.81. The van der Waals surface area contributed by atoms with Crippen LogP contribution in [0.4, 0.5) is 5.69 Å². The summed E-state index contributed by atoms with van der Waals surface area (Å²) >= 11 is 0. The molecular weight excluding hydrogens is 246 g/mol. The molecule has 0 spiro atoms. The molecule has 1 aromatic rings. The number of hydrogen-bond donors (Lipinski definition) is 1. The van der Waals surface area contributed by atoms with Crippen LogP contribution in [0.15, 0.2) is 18.2 Å². The second kappa shape index (κ2) is 6.15. The highest BCUT2D eigenvalue weighted by atomic mass is 15.3. The largest absolute Gasteiger partial charge is 0.370 e. The van der Waals surface area contributed by atoms with Crippen LogP contribution in [0, 0.1) is 6.92 Å². The maximum absolute atomic E-state index is 5.78. The summed E-state index contributed by atoms with van der Waals surface area (Å²) in [5.41, 5.74) is 9.96. The fourth-order valence-corrected chi connectivity index (χ4v) is 3.74. The van der Waals surface area contributed by atoms with Gasteiger partial charge in [-0.1, -0.05) is 17.7 Å². The number of anilines is 1. The molecule has 0 amide bonds. The lowest BCUT2D eigenvalue weighted by Gasteiger charge is -2.26. The topological polar surface area (TPSA) is 32.5 Å². The molecule has 1 unspecified atom stereocenters. The first-order chi connectivity index (χ1) is 9.78. The van der Waals surface area contributed by atoms with Gasteiger partial charge in [0.15, 0.2) is 0 Å². The smallest absolute Gasteiger partial charge is 0.0399 e. The summed E-state index contributed by atoms with van der Waals surface area (Å²) in [5.74, 6) is 0. The van der Waals surface area contributed by atoms with Crippen molar-refractivity contribution in [2.24, 2.45) is 5.73 Å². The van der Waals surface area contributed by atoms with Crippen LogP contribution in [0.3, 0.4) is 0 Å². The van der Waals surface area contributed by atoms with Crippen LogP contribution in [0.5, 0.6) is 0 Å². The summed E-state index contributed by atoms with van der Waals surface area (Å²) in [7, 11) is 0. The molecule has 1 aromatic carbocycles. The molecule has 2 saturated heterocycles. The minimum Gasteiger partial charge on any atom is -0.370 e. The fraction of sp³-hybridized carbons (Fsp3) is 0.647. The molecule has 0 radical (unpaired) electrons. The van der Waals surface area contributed by atoms with Crippen molar-refractivity contribution in [3.05, 3.63) is 29.3 Å². The first-order valence-electron chi connectivity index (χ1n) is 8.06. The number of nitrogens with zero attached hydrogens (tertiary/aromatic N) is 2. The highest BCUT2D eigenvalue weighted by molar-refractivity contribution is 5.56. The van der Waals surface area contributed by atoms with Gasteiger partial charge in [0.2, 0.25) is 0 Å². The van der Waals surface area contributed by atoms with Gasteiger partial charge in [-0.25, -0.2) is 0 Å². The summed E-state index contributed by atoms with van der Waals surface area (Å²) < 4.78 is 0. The van der Waals surface area contributed by atoms with Crippen molar-refractivity contribution in [3.63, 3.8) is 0 Å². The van der Waals surface area contributed by atoms with E-state index < -0.39 is 0 Å². The lowest BCUT2D eigenvalue weighted by atomic mass is 10.1. The third kappa shape index (κ3) is 2.84. The van der Waals surface area contributed by atoms with E-state index in [0.717, 1.165) is 19.0 Å². The number of rotatable bonds is 4. The quantitative estimate of drug-likeness (QED) is 0.912. The Kier molecular flexibility index (Phi) is 4.27. The predicted molar refractivity (Wildman–Crippen MR) is 85.4 cm³/mol. The summed E-state index contributed by atoms with van der Waals surface area (Å²) in [4.78, 5) is 5.27. The van der Waals surface area contributed by atoms with E-state index in [-0.39, 0.29) is 0 Å². The van der Waals surface area contributed by atoms with Gasteiger partial charge in [0.1, 0.15) is 0 Å². The third-order valence-corrected chi connectivity index (χ3v) is 4.81. The lowest BCUT2D eigenvalue weighted by Crippen LogP contribution is -2.35. The van der Waals surface area contributed by atoms with Gasteiger partial charge in [0, 0.05) is 24.8 Å². The Hall–Kier alpha value is -1.06. The zero-order chi connectivity index (χ0) is 13.9. The van der Waals surface area contributed by atoms with Crippen molar-refractivity contribution in [2.45, 2.75) is 38.6 Å². The van der Waals surface area contributed by atoms with Crippen LogP contribution in [-0.4, -0.2) is 43.7 Å². The average molecular weight is 273 g/mol. The molecule has 2 aliphatic heterocycles. The molecular formula is C17H27N3. The Bertz CT molecular complexity index is 452. The normalized spacial score (nSPS) is 23.7. The van der Waals surface area contributed by atoms with Gasteiger partial charge in [-0.05, 0) is 63.9 Å². The Labute approximate surface area is 122 Å². The molecule has 0 aliphatic carbocycles. The zero-order valence-electron chi connectivity index (χ0n) is 12.6. The van der Waals surface area contributed by atoms with E-state index in [1.54, 1.807) is 0 Å². The molecule has 2 heterocycles. The molecule has 2 aliphatic rings. The van der Waals surface area contributed by atoms with E-state index in [0.29, 0.717) is 0 Å². The van der Waals surface area contributed by atoms with Gasteiger partial charge in [-0.2, -0.15) is 0 Å². The second-order valence-electron chi connectivity index (χ2n) is 6.30. The van der Waals surface area contributed by atoms with E-state index in [2.05, 4.69) is 34.9 Å². The second-order valence-corrected chi connectivity index (χ2v) is 6.30. The van der Waals surface area contributed by atoms with Crippen LogP contribution in [0.1, 0.15) is 30.4 Å². The van der Waals surface area contributed by atoms with Crippen molar-refractivity contribution in [3.8, 4) is 0 Å². The lowest BCUT2D eigenvalue weighted by molar-refractivity contribution is 0.260. The number of hydrogen-bond acceptors (Lipinski definition) is 3. The van der Waals surface area contributed by atoms with E-state index >= 15 is 0 Å². The van der Waals surface area contributed by atoms with E-state index in [9.17, 15) is 0 Å². The SMILES string of the molecule is Cc1ccc(N2CCC(N3CCCC3)C2)c(CCN)c1. The number of likely N-dealkylation sites (tertiary alicyclic amines) is 1. The summed E-state index contributed by atoms with van der Waals surface area (Å²) in [5, 5.41) is 0. The standard InChI is InChI=1S/C17H27N3/c1-14-4-5-17(15(12-14)6-8-18)20-11-7-16(13-20)19-9-2-3-10-19/h4-5,12,16H,2-3,6-11,13,18H2,1H3. The highest BCUT2D eigenvalue weighted by Crippen LogP contribution is 2.28. The van der Waals surface area contributed by atoms with Gasteiger partial charge in [-0.15, -0.1) is 0 Å². The maximum Gasteiger partial charge on any atom is 0.0399 e. The Balaban J connectivity index is 1.73. The summed E-state index contributed by atoms with van der Waals surface area (Å²) in [6.07, 6.45) is 5.08. The number of benzene rings is 1. The van der Waals surface area contributed by atoms with Gasteiger partial charge < -0.3 is 10.6 Å². The highest BCUT2D eigenvalue weighted by Gasteiger charge is 2.29. The van der Waals surface area contributed by atoms with E-state index in [1.165, 1.54) is 62.3 Å². The molecule has 3 rings (SSSR count). The molecule has 2 fully saturated rings. The Morgan fingerprint density at radius 3 is 2.75 bits per heavy atom. The predicted octanol–water partition coefficient (Wildman–Crippen LogP) is 2.17. The van der Waals surface area contributed by atoms with Crippen molar-refractivity contribution >= 4 is 5.69 Å². The summed E-state index contributed by atoms with van der Waals surface area (Å²) in [6.45, 7) is 7.91. The monoisotopic (exact) mass is 273 g/mol. The first kappa shape index (κ1) is 13.9. The van der Waals surface area contributed by atoms with Gasteiger partial charge >= 0.3 is 0 Å². The van der Waals surface area contributed by atoms with Crippen LogP contribution in [0.2, 0.25) is 0 Å². The van der Waals surface area contributed by atoms with Crippen LogP contribution in [0.25, 0.3) is 0 Å². The van der Waals surface area contributed by atoms with E-state index in [1.807, 2.05) is 0 Å². The minimum absolute atomic E-state index is 0.736. The van der Waals surface area contributed by atoms with Gasteiger partial charge in [-0.3, -0.25) is 4.90 Å². The molecule has 0 bridgehead atoms. The number of nitrogens with two attached hydrogens (primary N) is 1. The van der Waals surface area contributed by atoms with Crippen molar-refractivity contribution in [2.75, 3.05) is 37.6 Å². The molecule has 0 saturated carbocycles. The van der Waals surface area contributed by atoms with Crippen molar-refractivity contribution in [1.29, 1.82) is 0 Å². The zero-order valence-corrected chi connectivity index (χ0v) is 12.6. The Morgan fingerprint density at radius 1 is 1.20 bits per heavy atom. The van der Waals surface area contributed by atoms with Gasteiger partial charge in [0.05, 0.1) is 0 Å². The molecule has 3 heteroatoms. The van der Waals surface area contributed by atoms with Crippen molar-refractivity contribution < 1.29 is 0 Å². The maximum atomic E-state index is 5.78. The van der Waals surface area contributed by atoms with Crippen LogP contribution < -0.4 is 10.6 Å². The average Bonchev–Trinajstić information content (AvgIpc) is 3.10. The van der Waals surface area contributed by atoms with Crippen LogP contribution >= 0.6 is 0 Å². The van der Waals surface area contributed by atoms with E-state index in [4.69, 9.17) is 5.73 Å². The van der Waals surface area contributed by atoms with Crippen molar-refractivity contribution in [1.82, 2.24) is 4.90 Å². The van der Waals surface area contributed by atoms with Gasteiger partial charge in [0.25, 0.3) is 0 Å². The molecule has 2 N–H and O–H groups in total. The fourth-order valence-electron chi connectivity index (χ4n) is 3.74. The molecule has 0 aromatic heterocycles. The first-order valence-corrected chi connectivity index (χ1v) is 8.06. The molecule has 110 valence electrons. The molecule has 3 nitrogen and oxygen atoms in total. The molecule has 20 heavy (non-hydrogen) atoms. The molecule has 1 atom stereocenters. The Morgan fingerprint density at radius 2 is 2.00 bits per heavy atom. The summed E-state index contributed by atoms with van der Waals surface area (Å²) in [6, 6.07) is 7.61. The minimum atomic E-state index is 0.736. The number of aryl methyl sites for hydroxylation is 1. The van der Waals surface area contributed by atoms with Crippen LogP contribution in [-0.2, 0) is 6.42 Å².